The molecule has 0 spiro atoms. The van der Waals surface area contributed by atoms with Gasteiger partial charge in [0, 0.05) is 24.7 Å². The van der Waals surface area contributed by atoms with E-state index in [-0.39, 0.29) is 16.4 Å². The van der Waals surface area contributed by atoms with Crippen molar-refractivity contribution in [3.63, 3.8) is 0 Å². The van der Waals surface area contributed by atoms with E-state index in [1.165, 1.54) is 18.2 Å². The lowest BCUT2D eigenvalue weighted by molar-refractivity contribution is -0.385. The lowest BCUT2D eigenvalue weighted by Crippen LogP contribution is -2.14. The maximum atomic E-state index is 13.0. The Morgan fingerprint density at radius 1 is 1.14 bits per heavy atom. The number of nitro benzene ring substituents is 1. The van der Waals surface area contributed by atoms with Gasteiger partial charge in [-0.3, -0.25) is 10.1 Å². The molecule has 2 aromatic carbocycles. The van der Waals surface area contributed by atoms with Crippen molar-refractivity contribution < 1.29 is 9.31 Å². The van der Waals surface area contributed by atoms with Crippen LogP contribution >= 0.6 is 0 Å². The number of nitro groups is 1. The second-order valence-electron chi connectivity index (χ2n) is 4.99. The third-order valence-electron chi connectivity index (χ3n) is 3.55. The number of benzene rings is 2. The van der Waals surface area contributed by atoms with E-state index in [0.29, 0.717) is 18.7 Å². The molecule has 5 heteroatoms. The minimum Gasteiger partial charge on any atom is -0.309 e. The SMILES string of the molecule is Cc1cc(F)ccc1CNCc1cccc([N+](=O)[O-])c1C. The Bertz CT molecular complexity index is 671. The molecule has 0 saturated heterocycles. The van der Waals surface area contributed by atoms with E-state index >= 15 is 0 Å². The number of aryl methyl sites for hydroxylation is 1. The fourth-order valence-electron chi connectivity index (χ4n) is 2.25. The number of hydrogen-bond acceptors (Lipinski definition) is 3. The molecule has 0 aromatic heterocycles. The van der Waals surface area contributed by atoms with Gasteiger partial charge < -0.3 is 5.32 Å². The van der Waals surface area contributed by atoms with Gasteiger partial charge in [0.15, 0.2) is 0 Å². The van der Waals surface area contributed by atoms with Crippen molar-refractivity contribution in [2.45, 2.75) is 26.9 Å². The molecule has 0 heterocycles. The lowest BCUT2D eigenvalue weighted by atomic mass is 10.1. The number of nitrogens with zero attached hydrogens (tertiary/aromatic N) is 1. The largest absolute Gasteiger partial charge is 0.309 e. The second-order valence-corrected chi connectivity index (χ2v) is 4.99. The van der Waals surface area contributed by atoms with E-state index in [1.807, 2.05) is 13.0 Å². The summed E-state index contributed by atoms with van der Waals surface area (Å²) in [4.78, 5) is 10.5. The van der Waals surface area contributed by atoms with Crippen molar-refractivity contribution in [1.29, 1.82) is 0 Å². The smallest absolute Gasteiger partial charge is 0.272 e. The van der Waals surface area contributed by atoms with Crippen molar-refractivity contribution in [2.24, 2.45) is 0 Å². The topological polar surface area (TPSA) is 55.2 Å². The van der Waals surface area contributed by atoms with Crippen LogP contribution in [0.5, 0.6) is 0 Å². The van der Waals surface area contributed by atoms with Crippen LogP contribution in [0.1, 0.15) is 22.3 Å². The molecule has 110 valence electrons. The first-order chi connectivity index (χ1) is 9.99. The van der Waals surface area contributed by atoms with Crippen molar-refractivity contribution >= 4 is 5.69 Å². The molecular weight excluding hydrogens is 271 g/mol. The highest BCUT2D eigenvalue weighted by atomic mass is 19.1. The van der Waals surface area contributed by atoms with E-state index in [0.717, 1.165) is 16.7 Å². The Kier molecular flexibility index (Phi) is 4.65. The third-order valence-corrected chi connectivity index (χ3v) is 3.55. The first-order valence-electron chi connectivity index (χ1n) is 6.67. The molecule has 0 atom stereocenters. The average molecular weight is 288 g/mol. The molecule has 2 rings (SSSR count). The molecule has 0 amide bonds. The van der Waals surface area contributed by atoms with Crippen LogP contribution in [-0.4, -0.2) is 4.92 Å². The summed E-state index contributed by atoms with van der Waals surface area (Å²) in [5.74, 6) is -0.245. The van der Waals surface area contributed by atoms with Crippen LogP contribution in [0.4, 0.5) is 10.1 Å². The summed E-state index contributed by atoms with van der Waals surface area (Å²) in [6.45, 7) is 4.73. The quantitative estimate of drug-likeness (QED) is 0.675. The summed E-state index contributed by atoms with van der Waals surface area (Å²) in [6, 6.07) is 9.73. The fraction of sp³-hybridized carbons (Fsp3) is 0.250. The molecule has 0 aliphatic carbocycles. The number of halogens is 1. The predicted molar refractivity (Wildman–Crippen MR) is 79.5 cm³/mol. The summed E-state index contributed by atoms with van der Waals surface area (Å²) >= 11 is 0. The van der Waals surface area contributed by atoms with E-state index in [4.69, 9.17) is 0 Å². The molecule has 4 nitrogen and oxygen atoms in total. The van der Waals surface area contributed by atoms with Crippen molar-refractivity contribution in [2.75, 3.05) is 0 Å². The number of nitrogens with one attached hydrogen (secondary N) is 1. The normalized spacial score (nSPS) is 10.6. The zero-order chi connectivity index (χ0) is 15.4. The van der Waals surface area contributed by atoms with E-state index in [1.54, 1.807) is 19.1 Å². The standard InChI is InChI=1S/C16H17FN2O2/c1-11-8-15(17)7-6-13(11)9-18-10-14-4-3-5-16(12(14)2)19(20)21/h3-8,18H,9-10H2,1-2H3. The Labute approximate surface area is 122 Å². The summed E-state index contributed by atoms with van der Waals surface area (Å²) in [6.07, 6.45) is 0. The van der Waals surface area contributed by atoms with Gasteiger partial charge in [-0.15, -0.1) is 0 Å². The van der Waals surface area contributed by atoms with Gasteiger partial charge >= 0.3 is 0 Å². The van der Waals surface area contributed by atoms with Crippen LogP contribution in [0.25, 0.3) is 0 Å². The first kappa shape index (κ1) is 15.1. The molecule has 0 unspecified atom stereocenters. The van der Waals surface area contributed by atoms with E-state index in [2.05, 4.69) is 5.32 Å². The summed E-state index contributed by atoms with van der Waals surface area (Å²) < 4.78 is 13.0. The fourth-order valence-corrected chi connectivity index (χ4v) is 2.25. The molecule has 0 aliphatic heterocycles. The van der Waals surface area contributed by atoms with Crippen LogP contribution in [0, 0.1) is 29.8 Å². The summed E-state index contributed by atoms with van der Waals surface area (Å²) in [7, 11) is 0. The molecule has 1 N–H and O–H groups in total. The minimum absolute atomic E-state index is 0.132. The minimum atomic E-state index is -0.372. The second kappa shape index (κ2) is 6.45. The Balaban J connectivity index is 2.04. The lowest BCUT2D eigenvalue weighted by Gasteiger charge is -2.10. The predicted octanol–water partition coefficient (Wildman–Crippen LogP) is 3.64. The highest BCUT2D eigenvalue weighted by Crippen LogP contribution is 2.21. The highest BCUT2D eigenvalue weighted by molar-refractivity contribution is 5.44. The van der Waals surface area contributed by atoms with Crippen LogP contribution in [0.15, 0.2) is 36.4 Å². The number of hydrogen-bond donors (Lipinski definition) is 1. The highest BCUT2D eigenvalue weighted by Gasteiger charge is 2.12. The van der Waals surface area contributed by atoms with Gasteiger partial charge in [-0.05, 0) is 42.7 Å². The van der Waals surface area contributed by atoms with Crippen LogP contribution in [-0.2, 0) is 13.1 Å². The van der Waals surface area contributed by atoms with Gasteiger partial charge in [-0.2, -0.15) is 0 Å². The van der Waals surface area contributed by atoms with Gasteiger partial charge in [0.25, 0.3) is 5.69 Å². The maximum absolute atomic E-state index is 13.0. The zero-order valence-corrected chi connectivity index (χ0v) is 12.0. The van der Waals surface area contributed by atoms with E-state index in [9.17, 15) is 14.5 Å². The van der Waals surface area contributed by atoms with Gasteiger partial charge in [0.05, 0.1) is 4.92 Å². The molecule has 0 bridgehead atoms. The Morgan fingerprint density at radius 2 is 1.86 bits per heavy atom. The maximum Gasteiger partial charge on any atom is 0.272 e. The molecule has 2 aromatic rings. The van der Waals surface area contributed by atoms with Gasteiger partial charge in [0.2, 0.25) is 0 Å². The van der Waals surface area contributed by atoms with Crippen molar-refractivity contribution in [1.82, 2.24) is 5.32 Å². The molecule has 21 heavy (non-hydrogen) atoms. The van der Waals surface area contributed by atoms with Crippen molar-refractivity contribution in [3.8, 4) is 0 Å². The summed E-state index contributed by atoms with van der Waals surface area (Å²) in [5, 5.41) is 14.1. The summed E-state index contributed by atoms with van der Waals surface area (Å²) in [5.41, 5.74) is 3.60. The molecular formula is C16H17FN2O2. The van der Waals surface area contributed by atoms with Crippen LogP contribution in [0.2, 0.25) is 0 Å². The van der Waals surface area contributed by atoms with Gasteiger partial charge in [0.1, 0.15) is 5.82 Å². The average Bonchev–Trinajstić information content (AvgIpc) is 2.42. The monoisotopic (exact) mass is 288 g/mol. The van der Waals surface area contributed by atoms with Crippen LogP contribution in [0.3, 0.4) is 0 Å². The molecule has 0 aliphatic rings. The van der Waals surface area contributed by atoms with Gasteiger partial charge in [-0.1, -0.05) is 18.2 Å². The van der Waals surface area contributed by atoms with Gasteiger partial charge in [-0.25, -0.2) is 4.39 Å². The Hall–Kier alpha value is -2.27. The third kappa shape index (κ3) is 3.64. The van der Waals surface area contributed by atoms with E-state index < -0.39 is 0 Å². The van der Waals surface area contributed by atoms with Crippen LogP contribution < -0.4 is 5.32 Å². The first-order valence-corrected chi connectivity index (χ1v) is 6.67. The number of rotatable bonds is 5. The molecule has 0 radical (unpaired) electrons. The zero-order valence-electron chi connectivity index (χ0n) is 12.0. The molecule has 0 fully saturated rings. The molecule has 0 saturated carbocycles. The van der Waals surface area contributed by atoms with Crippen molar-refractivity contribution in [3.05, 3.63) is 74.6 Å². The Morgan fingerprint density at radius 3 is 2.52 bits per heavy atom.